The third-order valence-electron chi connectivity index (χ3n) is 3.60. The van der Waals surface area contributed by atoms with Crippen LogP contribution in [-0.4, -0.2) is 13.6 Å². The van der Waals surface area contributed by atoms with Crippen molar-refractivity contribution < 1.29 is 51.0 Å². The van der Waals surface area contributed by atoms with Crippen molar-refractivity contribution in [1.29, 1.82) is 0 Å². The van der Waals surface area contributed by atoms with E-state index in [1.54, 1.807) is 5.17 Å². The number of benzene rings is 2. The van der Waals surface area contributed by atoms with Crippen molar-refractivity contribution in [2.75, 3.05) is 0 Å². The first-order chi connectivity index (χ1) is 9.18. The summed E-state index contributed by atoms with van der Waals surface area (Å²) in [5.41, 5.74) is 6.67. The molecule has 1 radical (unpaired) electrons. The maximum atomic E-state index is 3.54. The second-order valence-corrected chi connectivity index (χ2v) is 7.72. The minimum Gasteiger partial charge on any atom is -1.00 e. The van der Waals surface area contributed by atoms with Gasteiger partial charge in [-0.15, -0.1) is 34.5 Å². The molecular weight excluding hydrogens is 406 g/mol. The Morgan fingerprint density at radius 3 is 2.09 bits per heavy atom. The second-order valence-electron chi connectivity index (χ2n) is 5.22. The van der Waals surface area contributed by atoms with E-state index in [9.17, 15) is 0 Å². The van der Waals surface area contributed by atoms with Crippen LogP contribution in [0.15, 0.2) is 54.1 Å². The van der Waals surface area contributed by atoms with E-state index >= 15 is 0 Å². The Labute approximate surface area is 166 Å². The van der Waals surface area contributed by atoms with Gasteiger partial charge < -0.3 is 24.8 Å². The molecule has 0 fully saturated rings. The van der Waals surface area contributed by atoms with Crippen LogP contribution in [0, 0.1) is 6.08 Å². The molecule has 4 heteroatoms. The largest absolute Gasteiger partial charge is 3.00 e. The number of allylic oxidation sites excluding steroid dienone is 1. The molecule has 0 nitrogen and oxygen atoms in total. The molecule has 0 aliphatic heterocycles. The van der Waals surface area contributed by atoms with Crippen LogP contribution in [0.5, 0.6) is 0 Å². The summed E-state index contributed by atoms with van der Waals surface area (Å²) in [6.07, 6.45) is 3.54. The van der Waals surface area contributed by atoms with Gasteiger partial charge in [-0.05, 0) is 14.0 Å². The fraction of sp³-hybridized carbons (Fsp3) is 0.167. The number of hydrogen-bond acceptors (Lipinski definition) is 0. The topological polar surface area (TPSA) is 0 Å². The molecule has 0 heterocycles. The fourth-order valence-corrected chi connectivity index (χ4v) is 4.44. The fourth-order valence-electron chi connectivity index (χ4n) is 2.86. The van der Waals surface area contributed by atoms with Gasteiger partial charge in [-0.3, -0.25) is 0 Å². The number of hydrogen-bond donors (Lipinski definition) is 0. The summed E-state index contributed by atoms with van der Waals surface area (Å²) in [6, 6.07) is 17.2. The molecule has 3 rings (SSSR count). The number of fused-ring (bicyclic) bond motifs is 1. The summed E-state index contributed by atoms with van der Waals surface area (Å²) < 4.78 is 0. The molecule has 0 atom stereocenters. The van der Waals surface area contributed by atoms with Crippen LogP contribution >= 0.6 is 0 Å². The van der Waals surface area contributed by atoms with Crippen LogP contribution in [0.4, 0.5) is 0 Å². The Morgan fingerprint density at radius 2 is 1.50 bits per heavy atom. The van der Waals surface area contributed by atoms with Gasteiger partial charge in [0.05, 0.1) is 0 Å². The van der Waals surface area contributed by atoms with Crippen LogP contribution in [-0.2, 0) is 26.2 Å². The van der Waals surface area contributed by atoms with Gasteiger partial charge in [-0.25, -0.2) is 0 Å². The van der Waals surface area contributed by atoms with E-state index < -0.39 is 8.41 Å². The van der Waals surface area contributed by atoms with Crippen LogP contribution in [0.3, 0.4) is 0 Å². The molecule has 1 aliphatic rings. The van der Waals surface area contributed by atoms with Crippen molar-refractivity contribution in [3.8, 4) is 11.1 Å². The maximum absolute atomic E-state index is 3.54. The average Bonchev–Trinajstić information content (AvgIpc) is 2.75. The van der Waals surface area contributed by atoms with E-state index in [2.05, 4.69) is 74.6 Å². The molecule has 0 amide bonds. The minimum absolute atomic E-state index is 0. The van der Waals surface area contributed by atoms with Gasteiger partial charge in [0, 0.05) is 0 Å². The van der Waals surface area contributed by atoms with Crippen molar-refractivity contribution in [3.05, 3.63) is 71.3 Å². The molecule has 0 aromatic heterocycles. The summed E-state index contributed by atoms with van der Waals surface area (Å²) in [5.74, 6) is 0. The second kappa shape index (κ2) is 9.13. The first kappa shape index (κ1) is 21.7. The Bertz CT molecular complexity index is 702. The third-order valence-corrected chi connectivity index (χ3v) is 5.22. The maximum Gasteiger partial charge on any atom is 3.00 e. The van der Waals surface area contributed by atoms with Gasteiger partial charge >= 0.3 is 26.2 Å². The Hall–Kier alpha value is -0.270. The summed E-state index contributed by atoms with van der Waals surface area (Å²) in [5, 5.41) is 1.54. The predicted octanol–water partition coefficient (Wildman–Crippen LogP) is -1.67. The van der Waals surface area contributed by atoms with E-state index in [1.807, 2.05) is 0 Å². The molecule has 0 unspecified atom stereocenters. The predicted molar refractivity (Wildman–Crippen MR) is 85.0 cm³/mol. The van der Waals surface area contributed by atoms with Crippen LogP contribution in [0.1, 0.15) is 18.1 Å². The minimum atomic E-state index is -0.485. The van der Waals surface area contributed by atoms with Gasteiger partial charge in [0.15, 0.2) is 0 Å². The number of rotatable bonds is 1. The van der Waals surface area contributed by atoms with E-state index in [4.69, 9.17) is 0 Å². The first-order valence-corrected chi connectivity index (χ1v) is 9.15. The van der Waals surface area contributed by atoms with Gasteiger partial charge in [0.2, 0.25) is 0 Å². The third kappa shape index (κ3) is 3.97. The molecule has 22 heavy (non-hydrogen) atoms. The van der Waals surface area contributed by atoms with E-state index in [0.29, 0.717) is 0 Å². The molecule has 0 saturated heterocycles. The summed E-state index contributed by atoms with van der Waals surface area (Å²) >= 11 is 0. The molecule has 2 aromatic carbocycles. The Balaban J connectivity index is 0.00000147. The van der Waals surface area contributed by atoms with Crippen LogP contribution in [0.2, 0.25) is 13.1 Å². The zero-order valence-corrected chi connectivity index (χ0v) is 17.8. The van der Waals surface area contributed by atoms with Gasteiger partial charge in [0.25, 0.3) is 0 Å². The zero-order chi connectivity index (χ0) is 13.4. The normalized spacial score (nSPS) is 11.4. The molecule has 0 bridgehead atoms. The summed E-state index contributed by atoms with van der Waals surface area (Å²) in [4.78, 5) is 0. The molecule has 0 saturated carbocycles. The monoisotopic (exact) mass is 421 g/mol. The summed E-state index contributed by atoms with van der Waals surface area (Å²) in [7, 11) is -0.485. The average molecular weight is 424 g/mol. The van der Waals surface area contributed by atoms with E-state index in [-0.39, 0.29) is 51.0 Å². The van der Waals surface area contributed by atoms with Crippen molar-refractivity contribution >= 4 is 13.6 Å². The SMILES string of the molecule is CC1=[C-]c2cccc(-c3ccccc3)c2C1=[Si](C)C.[Cl-].[Cl-].[Zr+3]. The Kier molecular flexibility index (Phi) is 9.02. The standard InChI is InChI=1S/C18H17Si.2ClH.Zr/c1-13-12-15-10-7-11-16(14-8-5-4-6-9-14)17(15)18(13)19(2)3;;;/h4-11H,1-3H3;2*1H;/q-1;;;+3/p-2. The first-order valence-electron chi connectivity index (χ1n) is 6.65. The van der Waals surface area contributed by atoms with Gasteiger partial charge in [0.1, 0.15) is 0 Å². The molecule has 1 aliphatic carbocycles. The van der Waals surface area contributed by atoms with Gasteiger partial charge in [-0.2, -0.15) is 5.56 Å². The van der Waals surface area contributed by atoms with E-state index in [0.717, 1.165) is 0 Å². The van der Waals surface area contributed by atoms with Crippen LogP contribution in [0.25, 0.3) is 11.1 Å². The summed E-state index contributed by atoms with van der Waals surface area (Å²) in [6.45, 7) is 6.92. The number of halogens is 2. The Morgan fingerprint density at radius 1 is 0.864 bits per heavy atom. The van der Waals surface area contributed by atoms with Crippen molar-refractivity contribution in [3.63, 3.8) is 0 Å². The molecule has 2 aromatic rings. The van der Waals surface area contributed by atoms with Crippen molar-refractivity contribution in [2.45, 2.75) is 20.0 Å². The quantitative estimate of drug-likeness (QED) is 0.380. The van der Waals surface area contributed by atoms with Crippen LogP contribution < -0.4 is 24.8 Å². The molecule has 0 N–H and O–H groups in total. The van der Waals surface area contributed by atoms with Crippen molar-refractivity contribution in [2.24, 2.45) is 0 Å². The van der Waals surface area contributed by atoms with Gasteiger partial charge in [-0.1, -0.05) is 62.0 Å². The molecule has 111 valence electrons. The molecular formula is C18H17Cl2SiZr. The van der Waals surface area contributed by atoms with E-state index in [1.165, 1.54) is 27.8 Å². The smallest absolute Gasteiger partial charge is 1.00 e. The zero-order valence-electron chi connectivity index (χ0n) is 12.9. The van der Waals surface area contributed by atoms with Crippen molar-refractivity contribution in [1.82, 2.24) is 0 Å². The molecule has 0 spiro atoms.